The van der Waals surface area contributed by atoms with E-state index in [2.05, 4.69) is 15.5 Å². The Balaban J connectivity index is 2.16. The number of aliphatic hydroxyl groups excluding tert-OH is 1. The number of ether oxygens (including phenoxy) is 2. The molecule has 0 atom stereocenters. The number of aryl methyl sites for hydroxylation is 1. The smallest absolute Gasteiger partial charge is 0.348 e. The van der Waals surface area contributed by atoms with Gasteiger partial charge >= 0.3 is 5.97 Å². The number of anilines is 2. The molecule has 25 heavy (non-hydrogen) atoms. The third-order valence-electron chi connectivity index (χ3n) is 2.98. The van der Waals surface area contributed by atoms with Crippen molar-refractivity contribution in [2.75, 3.05) is 19.0 Å². The number of carbonyl (C=O) groups excluding carboxylic acids is 1. The average Bonchev–Trinajstić information content (AvgIpc) is 3.00. The molecule has 0 saturated carbocycles. The van der Waals surface area contributed by atoms with Crippen molar-refractivity contribution in [3.63, 3.8) is 0 Å². The van der Waals surface area contributed by atoms with Crippen molar-refractivity contribution in [2.45, 2.75) is 25.1 Å². The van der Waals surface area contributed by atoms with Gasteiger partial charge in [-0.1, -0.05) is 17.4 Å². The summed E-state index contributed by atoms with van der Waals surface area (Å²) in [4.78, 5) is 12.0. The van der Waals surface area contributed by atoms with Crippen molar-refractivity contribution in [3.8, 4) is 5.75 Å². The van der Waals surface area contributed by atoms with Crippen molar-refractivity contribution in [1.29, 1.82) is 0 Å². The average molecular weight is 381 g/mol. The zero-order valence-electron chi connectivity index (χ0n) is 14.3. The molecule has 1 aromatic heterocycles. The van der Waals surface area contributed by atoms with Gasteiger partial charge in [0.15, 0.2) is 4.34 Å². The number of rotatable bonds is 7. The summed E-state index contributed by atoms with van der Waals surface area (Å²) in [6, 6.07) is 5.76. The number of aliphatic hydroxyl groups is 1. The molecule has 1 heterocycles. The highest BCUT2D eigenvalue weighted by Crippen LogP contribution is 2.35. The number of carbonyl (C=O) groups is 1. The lowest BCUT2D eigenvalue weighted by molar-refractivity contribution is -0.137. The second-order valence-corrected chi connectivity index (χ2v) is 7.17. The second-order valence-electron chi connectivity index (χ2n) is 4.94. The SMILES string of the molecule is CCOC(=O)/C(Sc1nnc(Nc2cc(C)ccc2OC)s1)=C(/C)O. The molecule has 0 saturated heterocycles. The van der Waals surface area contributed by atoms with E-state index < -0.39 is 5.97 Å². The topological polar surface area (TPSA) is 93.6 Å². The van der Waals surface area contributed by atoms with E-state index >= 15 is 0 Å². The largest absolute Gasteiger partial charge is 0.511 e. The standard InChI is InChI=1S/C16H19N3O4S2/c1-5-23-14(21)13(10(3)20)24-16-19-18-15(25-16)17-11-8-9(2)6-7-12(11)22-4/h6-8,20H,5H2,1-4H3,(H,17,18)/b13-10+. The Hall–Kier alpha value is -2.26. The quantitative estimate of drug-likeness (QED) is 0.321. The Bertz CT molecular complexity index is 785. The van der Waals surface area contributed by atoms with E-state index in [1.54, 1.807) is 14.0 Å². The molecule has 2 rings (SSSR count). The highest BCUT2D eigenvalue weighted by Gasteiger charge is 2.19. The molecular formula is C16H19N3O4S2. The minimum Gasteiger partial charge on any atom is -0.511 e. The summed E-state index contributed by atoms with van der Waals surface area (Å²) in [5.41, 5.74) is 1.85. The number of hydrogen-bond acceptors (Lipinski definition) is 9. The van der Waals surface area contributed by atoms with Crippen molar-refractivity contribution in [3.05, 3.63) is 34.4 Å². The van der Waals surface area contributed by atoms with Gasteiger partial charge in [0.25, 0.3) is 0 Å². The van der Waals surface area contributed by atoms with Gasteiger partial charge in [-0.2, -0.15) is 0 Å². The summed E-state index contributed by atoms with van der Waals surface area (Å²) in [6.45, 7) is 5.34. The molecule has 0 aliphatic carbocycles. The number of nitrogens with one attached hydrogen (secondary N) is 1. The number of hydrogen-bond donors (Lipinski definition) is 2. The molecule has 7 nitrogen and oxygen atoms in total. The number of methoxy groups -OCH3 is 1. The van der Waals surface area contributed by atoms with Crippen LogP contribution in [0.3, 0.4) is 0 Å². The molecule has 2 N–H and O–H groups in total. The number of esters is 1. The van der Waals surface area contributed by atoms with E-state index in [1.165, 1.54) is 18.3 Å². The lowest BCUT2D eigenvalue weighted by atomic mass is 10.2. The summed E-state index contributed by atoms with van der Waals surface area (Å²) in [5, 5.41) is 21.5. The van der Waals surface area contributed by atoms with Crippen molar-refractivity contribution in [1.82, 2.24) is 10.2 Å². The zero-order chi connectivity index (χ0) is 18.4. The zero-order valence-corrected chi connectivity index (χ0v) is 16.0. The van der Waals surface area contributed by atoms with Crippen LogP contribution >= 0.6 is 23.1 Å². The summed E-state index contributed by atoms with van der Waals surface area (Å²) in [7, 11) is 1.59. The van der Waals surface area contributed by atoms with Crippen LogP contribution in [0.25, 0.3) is 0 Å². The van der Waals surface area contributed by atoms with Crippen LogP contribution in [0, 0.1) is 6.92 Å². The van der Waals surface area contributed by atoms with Gasteiger partial charge in [0.1, 0.15) is 16.4 Å². The van der Waals surface area contributed by atoms with Crippen LogP contribution in [-0.4, -0.2) is 35.0 Å². The van der Waals surface area contributed by atoms with E-state index in [0.29, 0.717) is 15.2 Å². The Labute approximate surface area is 154 Å². The third kappa shape index (κ3) is 5.10. The molecular weight excluding hydrogens is 362 g/mol. The van der Waals surface area contributed by atoms with Crippen LogP contribution in [0.15, 0.2) is 33.2 Å². The number of nitrogens with zero attached hydrogens (tertiary/aromatic N) is 2. The van der Waals surface area contributed by atoms with E-state index in [0.717, 1.165) is 23.0 Å². The van der Waals surface area contributed by atoms with E-state index in [-0.39, 0.29) is 17.3 Å². The van der Waals surface area contributed by atoms with Crippen LogP contribution in [0.5, 0.6) is 5.75 Å². The Kier molecular flexibility index (Phi) is 6.65. The first-order chi connectivity index (χ1) is 11.9. The van der Waals surface area contributed by atoms with Crippen molar-refractivity contribution < 1.29 is 19.4 Å². The van der Waals surface area contributed by atoms with Gasteiger partial charge in [0.2, 0.25) is 5.13 Å². The van der Waals surface area contributed by atoms with Crippen LogP contribution < -0.4 is 10.1 Å². The monoisotopic (exact) mass is 381 g/mol. The van der Waals surface area contributed by atoms with Gasteiger partial charge < -0.3 is 19.9 Å². The first-order valence-electron chi connectivity index (χ1n) is 7.44. The van der Waals surface area contributed by atoms with E-state index in [1.807, 2.05) is 25.1 Å². The molecule has 0 radical (unpaired) electrons. The molecule has 0 aliphatic rings. The Morgan fingerprint density at radius 3 is 2.80 bits per heavy atom. The molecule has 2 aromatic rings. The number of allylic oxidation sites excluding steroid dienone is 1. The lowest BCUT2D eigenvalue weighted by Gasteiger charge is -2.09. The molecule has 0 unspecified atom stereocenters. The minimum absolute atomic E-state index is 0.0951. The molecule has 0 aliphatic heterocycles. The number of aromatic nitrogens is 2. The predicted octanol–water partition coefficient (Wildman–Crippen LogP) is 4.04. The molecule has 0 amide bonds. The van der Waals surface area contributed by atoms with Crippen LogP contribution in [0.2, 0.25) is 0 Å². The molecule has 0 spiro atoms. The van der Waals surface area contributed by atoms with Gasteiger partial charge in [-0.25, -0.2) is 4.79 Å². The van der Waals surface area contributed by atoms with Crippen molar-refractivity contribution >= 4 is 39.9 Å². The number of thioether (sulfide) groups is 1. The Morgan fingerprint density at radius 1 is 1.40 bits per heavy atom. The fourth-order valence-corrected chi connectivity index (χ4v) is 3.57. The summed E-state index contributed by atoms with van der Waals surface area (Å²) >= 11 is 2.27. The number of benzene rings is 1. The highest BCUT2D eigenvalue weighted by molar-refractivity contribution is 8.05. The molecule has 1 aromatic carbocycles. The predicted molar refractivity (Wildman–Crippen MR) is 98.7 cm³/mol. The van der Waals surface area contributed by atoms with E-state index in [4.69, 9.17) is 9.47 Å². The third-order valence-corrected chi connectivity index (χ3v) is 5.04. The van der Waals surface area contributed by atoms with Crippen molar-refractivity contribution in [2.24, 2.45) is 0 Å². The molecule has 9 heteroatoms. The first kappa shape index (κ1) is 19.1. The first-order valence-corrected chi connectivity index (χ1v) is 9.07. The maximum absolute atomic E-state index is 11.9. The van der Waals surface area contributed by atoms with Crippen LogP contribution in [0.1, 0.15) is 19.4 Å². The fourth-order valence-electron chi connectivity index (χ4n) is 1.88. The Morgan fingerprint density at radius 2 is 2.16 bits per heavy atom. The van der Waals surface area contributed by atoms with Gasteiger partial charge in [-0.3, -0.25) is 0 Å². The summed E-state index contributed by atoms with van der Waals surface area (Å²) < 4.78 is 10.8. The molecule has 0 fully saturated rings. The summed E-state index contributed by atoms with van der Waals surface area (Å²) in [5.74, 6) is -0.0145. The lowest BCUT2D eigenvalue weighted by Crippen LogP contribution is -2.07. The van der Waals surface area contributed by atoms with E-state index in [9.17, 15) is 9.90 Å². The van der Waals surface area contributed by atoms with Gasteiger partial charge in [0.05, 0.1) is 19.4 Å². The summed E-state index contributed by atoms with van der Waals surface area (Å²) in [6.07, 6.45) is 0. The van der Waals surface area contributed by atoms with Crippen LogP contribution in [-0.2, 0) is 9.53 Å². The van der Waals surface area contributed by atoms with Gasteiger partial charge in [-0.05, 0) is 50.2 Å². The van der Waals surface area contributed by atoms with Crippen LogP contribution in [0.4, 0.5) is 10.8 Å². The van der Waals surface area contributed by atoms with Gasteiger partial charge in [0, 0.05) is 0 Å². The normalized spacial score (nSPS) is 11.7. The molecule has 134 valence electrons. The maximum atomic E-state index is 11.9. The molecule has 0 bridgehead atoms. The second kappa shape index (κ2) is 8.72. The minimum atomic E-state index is -0.586. The maximum Gasteiger partial charge on any atom is 0.348 e. The van der Waals surface area contributed by atoms with Gasteiger partial charge in [-0.15, -0.1) is 10.2 Å². The fraction of sp³-hybridized carbons (Fsp3) is 0.312. The highest BCUT2D eigenvalue weighted by atomic mass is 32.2.